The molecule has 0 saturated carbocycles. The maximum absolute atomic E-state index is 13.2. The summed E-state index contributed by atoms with van der Waals surface area (Å²) < 4.78 is 5.72. The lowest BCUT2D eigenvalue weighted by molar-refractivity contribution is -0.384. The van der Waals surface area contributed by atoms with Gasteiger partial charge in [0, 0.05) is 43.1 Å². The highest BCUT2D eigenvalue weighted by Crippen LogP contribution is 2.41. The van der Waals surface area contributed by atoms with E-state index in [-0.39, 0.29) is 29.7 Å². The average Bonchev–Trinajstić information content (AvgIpc) is 3.35. The topological polar surface area (TPSA) is 123 Å². The summed E-state index contributed by atoms with van der Waals surface area (Å²) in [7, 11) is 0. The molecule has 0 radical (unpaired) electrons. The molecule has 3 heterocycles. The van der Waals surface area contributed by atoms with Crippen molar-refractivity contribution in [1.82, 2.24) is 9.88 Å². The zero-order chi connectivity index (χ0) is 24.7. The Balaban J connectivity index is 1.63. The maximum Gasteiger partial charge on any atom is 0.295 e. The van der Waals surface area contributed by atoms with Crippen LogP contribution in [0.2, 0.25) is 0 Å². The molecule has 0 bridgehead atoms. The molecule has 176 valence electrons. The summed E-state index contributed by atoms with van der Waals surface area (Å²) >= 11 is 0. The smallest absolute Gasteiger partial charge is 0.295 e. The number of fused-ring (bicyclic) bond motifs is 1. The fourth-order valence-corrected chi connectivity index (χ4v) is 4.58. The number of nitro groups is 1. The van der Waals surface area contributed by atoms with Crippen LogP contribution in [-0.2, 0) is 22.6 Å². The van der Waals surface area contributed by atoms with Crippen molar-refractivity contribution in [3.8, 4) is 5.75 Å². The minimum Gasteiger partial charge on any atom is -0.507 e. The van der Waals surface area contributed by atoms with Gasteiger partial charge in [0.15, 0.2) is 0 Å². The number of aromatic nitrogens is 1. The van der Waals surface area contributed by atoms with Gasteiger partial charge in [-0.3, -0.25) is 24.7 Å². The molecule has 1 amide bonds. The summed E-state index contributed by atoms with van der Waals surface area (Å²) in [6.45, 7) is 2.04. The van der Waals surface area contributed by atoms with E-state index in [4.69, 9.17) is 4.74 Å². The first kappa shape index (κ1) is 22.3. The molecule has 1 aromatic heterocycles. The van der Waals surface area contributed by atoms with Crippen LogP contribution in [0, 0.1) is 10.1 Å². The Morgan fingerprint density at radius 2 is 1.86 bits per heavy atom. The van der Waals surface area contributed by atoms with E-state index in [9.17, 15) is 24.8 Å². The lowest BCUT2D eigenvalue weighted by Crippen LogP contribution is -2.29. The predicted octanol–water partition coefficient (Wildman–Crippen LogP) is 3.94. The molecule has 2 aromatic carbocycles. The number of likely N-dealkylation sites (tertiary alicyclic amines) is 1. The molecule has 3 aromatic rings. The van der Waals surface area contributed by atoms with Crippen molar-refractivity contribution in [3.05, 3.63) is 105 Å². The second-order valence-electron chi connectivity index (χ2n) is 8.59. The normalized spacial score (nSPS) is 20.5. The van der Waals surface area contributed by atoms with Crippen LogP contribution in [0.15, 0.2) is 72.6 Å². The second-order valence-corrected chi connectivity index (χ2v) is 8.59. The van der Waals surface area contributed by atoms with Crippen LogP contribution in [0.4, 0.5) is 5.69 Å². The summed E-state index contributed by atoms with van der Waals surface area (Å²) in [5, 5.41) is 22.4. The number of benzene rings is 2. The number of Topliss-reactive ketones (excluding diaryl/α,β-unsaturated/α-hetero) is 1. The summed E-state index contributed by atoms with van der Waals surface area (Å²) in [5.74, 6) is -1.15. The molecular formula is C26H21N3O6. The lowest BCUT2D eigenvalue weighted by atomic mass is 9.94. The van der Waals surface area contributed by atoms with Gasteiger partial charge in [-0.05, 0) is 66.1 Å². The average molecular weight is 471 g/mol. The molecule has 1 N–H and O–H groups in total. The van der Waals surface area contributed by atoms with Crippen LogP contribution < -0.4 is 4.74 Å². The molecule has 35 heavy (non-hydrogen) atoms. The highest BCUT2D eigenvalue weighted by atomic mass is 16.6. The lowest BCUT2D eigenvalue weighted by Gasteiger charge is -2.25. The van der Waals surface area contributed by atoms with Crippen LogP contribution in [0.5, 0.6) is 5.75 Å². The highest BCUT2D eigenvalue weighted by molar-refractivity contribution is 6.46. The third-order valence-corrected chi connectivity index (χ3v) is 6.23. The van der Waals surface area contributed by atoms with Crippen molar-refractivity contribution in [2.24, 2.45) is 0 Å². The Hall–Kier alpha value is -4.53. The Labute approximate surface area is 200 Å². The van der Waals surface area contributed by atoms with Crippen molar-refractivity contribution in [1.29, 1.82) is 0 Å². The van der Waals surface area contributed by atoms with E-state index < -0.39 is 22.7 Å². The fourth-order valence-electron chi connectivity index (χ4n) is 4.58. The molecule has 2 atom stereocenters. The molecule has 2 unspecified atom stereocenters. The van der Waals surface area contributed by atoms with E-state index in [0.717, 1.165) is 16.9 Å². The van der Waals surface area contributed by atoms with Gasteiger partial charge in [0.2, 0.25) is 0 Å². The van der Waals surface area contributed by atoms with Crippen molar-refractivity contribution in [2.45, 2.75) is 32.0 Å². The maximum atomic E-state index is 13.2. The molecule has 2 aliphatic rings. The van der Waals surface area contributed by atoms with Gasteiger partial charge in [0.25, 0.3) is 17.4 Å². The van der Waals surface area contributed by atoms with E-state index in [2.05, 4.69) is 4.98 Å². The van der Waals surface area contributed by atoms with Crippen LogP contribution in [0.3, 0.4) is 0 Å². The number of carbonyl (C=O) groups is 2. The number of aliphatic hydroxyl groups excluding tert-OH is 1. The quantitative estimate of drug-likeness (QED) is 0.197. The first-order valence-corrected chi connectivity index (χ1v) is 11.0. The van der Waals surface area contributed by atoms with Crippen LogP contribution in [0.25, 0.3) is 5.76 Å². The van der Waals surface area contributed by atoms with Gasteiger partial charge in [-0.15, -0.1) is 0 Å². The number of nitrogens with zero attached hydrogens (tertiary/aromatic N) is 3. The first-order chi connectivity index (χ1) is 16.8. The number of rotatable bonds is 5. The van der Waals surface area contributed by atoms with E-state index in [0.29, 0.717) is 17.5 Å². The molecule has 5 rings (SSSR count). The number of amides is 1. The number of pyridine rings is 1. The van der Waals surface area contributed by atoms with Crippen molar-refractivity contribution in [2.75, 3.05) is 0 Å². The van der Waals surface area contributed by atoms with Crippen molar-refractivity contribution < 1.29 is 24.4 Å². The number of hydrogen-bond acceptors (Lipinski definition) is 7. The second kappa shape index (κ2) is 8.68. The Bertz CT molecular complexity index is 1370. The molecule has 2 aliphatic heterocycles. The van der Waals surface area contributed by atoms with Gasteiger partial charge in [-0.1, -0.05) is 0 Å². The highest BCUT2D eigenvalue weighted by Gasteiger charge is 2.46. The van der Waals surface area contributed by atoms with Crippen molar-refractivity contribution in [3.63, 3.8) is 0 Å². The fraction of sp³-hybridized carbons (Fsp3) is 0.192. The largest absolute Gasteiger partial charge is 0.507 e. The SMILES string of the molecule is CC1Cc2cc(C(O)=C3C(=O)C(=O)N(Cc4ccncc4)C3c3ccc([N+](=O)[O-])cc3)ccc2O1. The Kier molecular flexibility index (Phi) is 5.52. The minimum absolute atomic E-state index is 0.00782. The first-order valence-electron chi connectivity index (χ1n) is 11.0. The molecule has 0 spiro atoms. The number of non-ortho nitro benzene ring substituents is 1. The van der Waals surface area contributed by atoms with E-state index >= 15 is 0 Å². The third kappa shape index (κ3) is 4.01. The van der Waals surface area contributed by atoms with Gasteiger partial charge in [0.1, 0.15) is 17.6 Å². The van der Waals surface area contributed by atoms with Crippen LogP contribution >= 0.6 is 0 Å². The number of nitro benzene ring substituents is 1. The summed E-state index contributed by atoms with van der Waals surface area (Å²) in [5.41, 5.74) is 2.34. The number of carbonyl (C=O) groups excluding carboxylic acids is 2. The van der Waals surface area contributed by atoms with Crippen LogP contribution in [0.1, 0.15) is 35.2 Å². The summed E-state index contributed by atoms with van der Waals surface area (Å²) in [4.78, 5) is 42.3. The van der Waals surface area contributed by atoms with Gasteiger partial charge in [0.05, 0.1) is 16.5 Å². The molecule has 1 saturated heterocycles. The number of ether oxygens (including phenoxy) is 1. The zero-order valence-corrected chi connectivity index (χ0v) is 18.7. The van der Waals surface area contributed by atoms with E-state index in [1.54, 1.807) is 42.7 Å². The third-order valence-electron chi connectivity index (χ3n) is 6.23. The molecular weight excluding hydrogens is 450 g/mol. The standard InChI is InChI=1S/C26H21N3O6/c1-15-12-19-13-18(4-7-21(19)35-15)24(30)22-23(17-2-5-20(6-3-17)29(33)34)28(26(32)25(22)31)14-16-8-10-27-11-9-16/h2-11,13,15,23,30H,12,14H2,1H3. The van der Waals surface area contributed by atoms with Crippen LogP contribution in [-0.4, -0.2) is 37.7 Å². The monoisotopic (exact) mass is 471 g/mol. The minimum atomic E-state index is -0.924. The summed E-state index contributed by atoms with van der Waals surface area (Å²) in [6.07, 6.45) is 3.84. The Morgan fingerprint density at radius 3 is 2.54 bits per heavy atom. The van der Waals surface area contributed by atoms with Gasteiger partial charge in [-0.25, -0.2) is 0 Å². The number of ketones is 1. The van der Waals surface area contributed by atoms with E-state index in [1.807, 2.05) is 6.92 Å². The summed E-state index contributed by atoms with van der Waals surface area (Å²) in [6, 6.07) is 13.3. The van der Waals surface area contributed by atoms with Gasteiger partial charge >= 0.3 is 0 Å². The molecule has 1 fully saturated rings. The van der Waals surface area contributed by atoms with Gasteiger partial charge in [-0.2, -0.15) is 0 Å². The molecule has 9 heteroatoms. The molecule has 0 aliphatic carbocycles. The van der Waals surface area contributed by atoms with Gasteiger partial charge < -0.3 is 14.7 Å². The van der Waals surface area contributed by atoms with Crippen molar-refractivity contribution >= 4 is 23.1 Å². The van der Waals surface area contributed by atoms with E-state index in [1.165, 1.54) is 29.2 Å². The zero-order valence-electron chi connectivity index (χ0n) is 18.7. The Morgan fingerprint density at radius 1 is 1.14 bits per heavy atom. The predicted molar refractivity (Wildman–Crippen MR) is 125 cm³/mol. The number of hydrogen-bond donors (Lipinski definition) is 1. The molecule has 9 nitrogen and oxygen atoms in total. The number of aliphatic hydroxyl groups is 1.